The van der Waals surface area contributed by atoms with Crippen molar-refractivity contribution in [3.05, 3.63) is 11.8 Å². The number of nitrogens with one attached hydrogen (secondary N) is 1. The molecule has 0 bridgehead atoms. The van der Waals surface area contributed by atoms with Gasteiger partial charge in [-0.05, 0) is 20.3 Å². The van der Waals surface area contributed by atoms with E-state index in [4.69, 9.17) is 9.63 Å². The maximum absolute atomic E-state index is 12.0. The van der Waals surface area contributed by atoms with E-state index in [0.29, 0.717) is 24.5 Å². The smallest absolute Gasteiger partial charge is 0.323 e. The number of rotatable bonds is 9. The molecule has 0 saturated carbocycles. The summed E-state index contributed by atoms with van der Waals surface area (Å²) in [6, 6.07) is 1.59. The van der Waals surface area contributed by atoms with Crippen LogP contribution < -0.4 is 5.32 Å². The SMILES string of the molecule is CCCN(CC(=O)O)C(=O)CSC(C)C(=O)Nc1cc(C)on1. The maximum atomic E-state index is 12.0. The number of carbonyl (C=O) groups excluding carboxylic acids is 2. The first-order chi connectivity index (χ1) is 10.8. The van der Waals surface area contributed by atoms with Gasteiger partial charge in [0, 0.05) is 12.6 Å². The van der Waals surface area contributed by atoms with Gasteiger partial charge in [0.25, 0.3) is 0 Å². The van der Waals surface area contributed by atoms with Crippen LogP contribution in [0.3, 0.4) is 0 Å². The molecule has 2 amide bonds. The average Bonchev–Trinajstić information content (AvgIpc) is 2.88. The first-order valence-corrected chi connectivity index (χ1v) is 8.23. The summed E-state index contributed by atoms with van der Waals surface area (Å²) in [4.78, 5) is 36.1. The molecule has 0 aliphatic rings. The third-order valence-electron chi connectivity index (χ3n) is 2.88. The molecular weight excluding hydrogens is 322 g/mol. The maximum Gasteiger partial charge on any atom is 0.323 e. The molecule has 128 valence electrons. The van der Waals surface area contributed by atoms with Crippen molar-refractivity contribution in [1.82, 2.24) is 10.1 Å². The van der Waals surface area contributed by atoms with Crippen molar-refractivity contribution in [2.24, 2.45) is 0 Å². The number of nitrogens with zero attached hydrogens (tertiary/aromatic N) is 2. The summed E-state index contributed by atoms with van der Waals surface area (Å²) >= 11 is 1.15. The Labute approximate surface area is 138 Å². The van der Waals surface area contributed by atoms with E-state index < -0.39 is 11.2 Å². The Kier molecular flexibility index (Phi) is 7.60. The van der Waals surface area contributed by atoms with Gasteiger partial charge in [0.05, 0.1) is 11.0 Å². The third kappa shape index (κ3) is 6.72. The largest absolute Gasteiger partial charge is 0.480 e. The van der Waals surface area contributed by atoms with Gasteiger partial charge in [-0.2, -0.15) is 0 Å². The highest BCUT2D eigenvalue weighted by Crippen LogP contribution is 2.15. The Morgan fingerprint density at radius 1 is 1.48 bits per heavy atom. The molecule has 1 aromatic heterocycles. The zero-order valence-electron chi connectivity index (χ0n) is 13.4. The predicted octanol–water partition coefficient (Wildman–Crippen LogP) is 1.37. The second-order valence-corrected chi connectivity index (χ2v) is 6.30. The molecule has 1 aromatic rings. The summed E-state index contributed by atoms with van der Waals surface area (Å²) in [5, 5.41) is 14.6. The van der Waals surface area contributed by atoms with Gasteiger partial charge >= 0.3 is 5.97 Å². The van der Waals surface area contributed by atoms with Crippen molar-refractivity contribution >= 4 is 35.4 Å². The van der Waals surface area contributed by atoms with Gasteiger partial charge in [-0.25, -0.2) is 0 Å². The van der Waals surface area contributed by atoms with Crippen LogP contribution >= 0.6 is 11.8 Å². The molecule has 1 unspecified atom stereocenters. The molecule has 2 N–H and O–H groups in total. The average molecular weight is 343 g/mol. The van der Waals surface area contributed by atoms with E-state index in [-0.39, 0.29) is 24.1 Å². The standard InChI is InChI=1S/C14H21N3O5S/c1-4-5-17(7-13(19)20)12(18)8-23-10(3)14(21)15-11-6-9(2)22-16-11/h6,10H,4-5,7-8H2,1-3H3,(H,19,20)(H,15,16,21). The summed E-state index contributed by atoms with van der Waals surface area (Å²) in [5.74, 6) is -0.694. The Morgan fingerprint density at radius 3 is 2.70 bits per heavy atom. The summed E-state index contributed by atoms with van der Waals surface area (Å²) in [6.45, 7) is 5.30. The minimum absolute atomic E-state index is 0.0414. The van der Waals surface area contributed by atoms with Crippen LogP contribution in [0.25, 0.3) is 0 Å². The monoisotopic (exact) mass is 343 g/mol. The number of anilines is 1. The highest BCUT2D eigenvalue weighted by molar-refractivity contribution is 8.01. The lowest BCUT2D eigenvalue weighted by molar-refractivity contribution is -0.143. The van der Waals surface area contributed by atoms with E-state index in [9.17, 15) is 14.4 Å². The fourth-order valence-electron chi connectivity index (χ4n) is 1.74. The second-order valence-electron chi connectivity index (χ2n) is 4.97. The summed E-state index contributed by atoms with van der Waals surface area (Å²) < 4.78 is 4.85. The van der Waals surface area contributed by atoms with Crippen molar-refractivity contribution in [1.29, 1.82) is 0 Å². The summed E-state index contributed by atoms with van der Waals surface area (Å²) in [6.07, 6.45) is 0.672. The van der Waals surface area contributed by atoms with Gasteiger partial charge in [0.2, 0.25) is 11.8 Å². The van der Waals surface area contributed by atoms with Gasteiger partial charge < -0.3 is 19.8 Å². The van der Waals surface area contributed by atoms with Crippen molar-refractivity contribution < 1.29 is 24.0 Å². The molecule has 0 fully saturated rings. The molecule has 0 aliphatic heterocycles. The van der Waals surface area contributed by atoms with Gasteiger partial charge in [-0.3, -0.25) is 14.4 Å². The van der Waals surface area contributed by atoms with Crippen LogP contribution in [0.5, 0.6) is 0 Å². The highest BCUT2D eigenvalue weighted by atomic mass is 32.2. The predicted molar refractivity (Wildman–Crippen MR) is 86.3 cm³/mol. The third-order valence-corrected chi connectivity index (χ3v) is 4.01. The molecule has 23 heavy (non-hydrogen) atoms. The number of amides is 2. The van der Waals surface area contributed by atoms with Crippen molar-refractivity contribution in [2.75, 3.05) is 24.2 Å². The minimum Gasteiger partial charge on any atom is -0.480 e. The van der Waals surface area contributed by atoms with Crippen LogP contribution in [-0.2, 0) is 14.4 Å². The van der Waals surface area contributed by atoms with E-state index in [0.717, 1.165) is 11.8 Å². The van der Waals surface area contributed by atoms with Crippen LogP contribution in [0.2, 0.25) is 0 Å². The zero-order valence-corrected chi connectivity index (χ0v) is 14.2. The Morgan fingerprint density at radius 2 is 2.17 bits per heavy atom. The number of carbonyl (C=O) groups is 3. The van der Waals surface area contributed by atoms with Crippen LogP contribution in [0.4, 0.5) is 5.82 Å². The van der Waals surface area contributed by atoms with Gasteiger partial charge in [-0.15, -0.1) is 11.8 Å². The van der Waals surface area contributed by atoms with Crippen LogP contribution in [0, 0.1) is 6.92 Å². The second kappa shape index (κ2) is 9.19. The summed E-state index contributed by atoms with van der Waals surface area (Å²) in [7, 11) is 0. The van der Waals surface area contributed by atoms with Gasteiger partial charge in [0.1, 0.15) is 12.3 Å². The van der Waals surface area contributed by atoms with Crippen molar-refractivity contribution in [3.8, 4) is 0 Å². The molecule has 0 saturated heterocycles. The number of carboxylic acid groups (broad SMARTS) is 1. The van der Waals surface area contributed by atoms with Gasteiger partial charge in [-0.1, -0.05) is 12.1 Å². The first kappa shape index (κ1) is 19.0. The number of aryl methyl sites for hydroxylation is 1. The molecule has 8 nitrogen and oxygen atoms in total. The fraction of sp³-hybridized carbons (Fsp3) is 0.571. The molecule has 0 spiro atoms. The van der Waals surface area contributed by atoms with Crippen LogP contribution in [0.15, 0.2) is 10.6 Å². The van der Waals surface area contributed by atoms with Crippen molar-refractivity contribution in [2.45, 2.75) is 32.4 Å². The number of aromatic nitrogens is 1. The van der Waals surface area contributed by atoms with E-state index in [1.807, 2.05) is 6.92 Å². The van der Waals surface area contributed by atoms with Crippen molar-refractivity contribution in [3.63, 3.8) is 0 Å². The first-order valence-electron chi connectivity index (χ1n) is 7.18. The van der Waals surface area contributed by atoms with E-state index in [1.165, 1.54) is 4.90 Å². The van der Waals surface area contributed by atoms with E-state index in [1.54, 1.807) is 19.9 Å². The molecule has 9 heteroatoms. The minimum atomic E-state index is -1.05. The molecular formula is C14H21N3O5S. The Bertz CT molecular complexity index is 560. The quantitative estimate of drug-likeness (QED) is 0.696. The molecule has 1 rings (SSSR count). The molecule has 0 aromatic carbocycles. The van der Waals surface area contributed by atoms with Crippen LogP contribution in [-0.4, -0.2) is 57.0 Å². The lowest BCUT2D eigenvalue weighted by atomic mass is 10.4. The van der Waals surface area contributed by atoms with E-state index in [2.05, 4.69) is 10.5 Å². The lowest BCUT2D eigenvalue weighted by Crippen LogP contribution is -2.38. The van der Waals surface area contributed by atoms with Crippen LogP contribution in [0.1, 0.15) is 26.0 Å². The Balaban J connectivity index is 2.46. The lowest BCUT2D eigenvalue weighted by Gasteiger charge is -2.20. The number of hydrogen-bond donors (Lipinski definition) is 2. The van der Waals surface area contributed by atoms with E-state index >= 15 is 0 Å². The molecule has 0 radical (unpaired) electrons. The fourth-order valence-corrected chi connectivity index (χ4v) is 2.53. The number of hydrogen-bond acceptors (Lipinski definition) is 6. The molecule has 1 atom stereocenters. The zero-order chi connectivity index (χ0) is 17.4. The topological polar surface area (TPSA) is 113 Å². The molecule has 1 heterocycles. The number of thioether (sulfide) groups is 1. The Hall–Kier alpha value is -2.03. The van der Waals surface area contributed by atoms with Gasteiger partial charge in [0.15, 0.2) is 5.82 Å². The number of aliphatic carboxylic acids is 1. The molecule has 0 aliphatic carbocycles. The summed E-state index contributed by atoms with van der Waals surface area (Å²) in [5.41, 5.74) is 0. The normalized spacial score (nSPS) is 11.8. The number of carboxylic acids is 1. The highest BCUT2D eigenvalue weighted by Gasteiger charge is 2.20.